The molecule has 0 amide bonds. The number of sulfone groups is 1. The van der Waals surface area contributed by atoms with Crippen LogP contribution in [0.4, 0.5) is 0 Å². The van der Waals surface area contributed by atoms with Crippen LogP contribution in [0.5, 0.6) is 0 Å². The van der Waals surface area contributed by atoms with Gasteiger partial charge < -0.3 is 5.11 Å². The molecule has 0 aromatic heterocycles. The van der Waals surface area contributed by atoms with E-state index < -0.39 is 37.0 Å². The van der Waals surface area contributed by atoms with Crippen LogP contribution in [-0.2, 0) is 24.7 Å². The molecule has 2 aliphatic rings. The number of carboxylic acid groups (broad SMARTS) is 1. The van der Waals surface area contributed by atoms with Gasteiger partial charge in [0.15, 0.2) is 14.9 Å². The molecule has 3 unspecified atom stereocenters. The van der Waals surface area contributed by atoms with Crippen molar-refractivity contribution in [3.05, 3.63) is 0 Å². The van der Waals surface area contributed by atoms with E-state index in [-0.39, 0.29) is 18.4 Å². The monoisotopic (exact) mass is 339 g/mol. The Kier molecular flexibility index (Phi) is 4.65. The van der Waals surface area contributed by atoms with E-state index in [1.807, 2.05) is 0 Å². The SMILES string of the molecule is CS(=O)(=O)CS(=O)(=O)N1C(C(=O)O)CCC2CCCCC21. The van der Waals surface area contributed by atoms with Crippen molar-refractivity contribution in [2.75, 3.05) is 11.3 Å². The predicted octanol–water partition coefficient (Wildman–Crippen LogP) is 0.426. The lowest BCUT2D eigenvalue weighted by molar-refractivity contribution is -0.144. The van der Waals surface area contributed by atoms with E-state index in [2.05, 4.69) is 0 Å². The Hall–Kier alpha value is -0.670. The highest BCUT2D eigenvalue weighted by molar-refractivity contribution is 8.06. The van der Waals surface area contributed by atoms with E-state index >= 15 is 0 Å². The first-order valence-corrected chi connectivity index (χ1v) is 10.7. The first-order chi connectivity index (χ1) is 9.62. The summed E-state index contributed by atoms with van der Waals surface area (Å²) in [5, 5.41) is 8.28. The lowest BCUT2D eigenvalue weighted by Crippen LogP contribution is -2.58. The molecule has 3 atom stereocenters. The number of piperidine rings is 1. The maximum atomic E-state index is 12.5. The van der Waals surface area contributed by atoms with E-state index in [9.17, 15) is 26.7 Å². The van der Waals surface area contributed by atoms with Crippen molar-refractivity contribution >= 4 is 25.8 Å². The molecule has 21 heavy (non-hydrogen) atoms. The van der Waals surface area contributed by atoms with Gasteiger partial charge in [0, 0.05) is 12.3 Å². The Morgan fingerprint density at radius 1 is 1.10 bits per heavy atom. The van der Waals surface area contributed by atoms with Crippen LogP contribution in [0.2, 0.25) is 0 Å². The van der Waals surface area contributed by atoms with Gasteiger partial charge in [-0.15, -0.1) is 0 Å². The van der Waals surface area contributed by atoms with Gasteiger partial charge in [-0.05, 0) is 31.6 Å². The van der Waals surface area contributed by atoms with Gasteiger partial charge in [0.2, 0.25) is 10.0 Å². The Morgan fingerprint density at radius 3 is 2.29 bits per heavy atom. The van der Waals surface area contributed by atoms with Crippen LogP contribution in [0, 0.1) is 5.92 Å². The van der Waals surface area contributed by atoms with Crippen LogP contribution >= 0.6 is 0 Å². The molecule has 0 spiro atoms. The van der Waals surface area contributed by atoms with Gasteiger partial charge in [-0.3, -0.25) is 4.79 Å². The van der Waals surface area contributed by atoms with Gasteiger partial charge in [-0.25, -0.2) is 16.8 Å². The van der Waals surface area contributed by atoms with Crippen molar-refractivity contribution in [1.82, 2.24) is 4.31 Å². The Balaban J connectivity index is 2.39. The maximum absolute atomic E-state index is 12.5. The van der Waals surface area contributed by atoms with Gasteiger partial charge in [-0.2, -0.15) is 4.31 Å². The quantitative estimate of drug-likeness (QED) is 0.795. The van der Waals surface area contributed by atoms with Gasteiger partial charge >= 0.3 is 5.97 Å². The van der Waals surface area contributed by atoms with Gasteiger partial charge in [0.1, 0.15) is 6.04 Å². The fourth-order valence-electron chi connectivity index (χ4n) is 3.55. The molecular weight excluding hydrogens is 318 g/mol. The van der Waals surface area contributed by atoms with Crippen molar-refractivity contribution in [3.63, 3.8) is 0 Å². The molecule has 2 fully saturated rings. The minimum atomic E-state index is -4.14. The molecule has 1 aliphatic carbocycles. The molecule has 1 heterocycles. The predicted molar refractivity (Wildman–Crippen MR) is 76.9 cm³/mol. The zero-order valence-electron chi connectivity index (χ0n) is 11.9. The highest BCUT2D eigenvalue weighted by Gasteiger charge is 2.47. The third kappa shape index (κ3) is 3.75. The van der Waals surface area contributed by atoms with Crippen LogP contribution in [0.3, 0.4) is 0 Å². The number of hydrogen-bond acceptors (Lipinski definition) is 5. The summed E-state index contributed by atoms with van der Waals surface area (Å²) in [5.41, 5.74) is 0. The summed E-state index contributed by atoms with van der Waals surface area (Å²) >= 11 is 0. The minimum Gasteiger partial charge on any atom is -0.480 e. The third-order valence-electron chi connectivity index (χ3n) is 4.28. The zero-order valence-corrected chi connectivity index (χ0v) is 13.6. The number of fused-ring (bicyclic) bond motifs is 1. The molecule has 0 radical (unpaired) electrons. The summed E-state index contributed by atoms with van der Waals surface area (Å²) in [6.45, 7) is 0. The number of carbonyl (C=O) groups is 1. The van der Waals surface area contributed by atoms with Gasteiger partial charge in [-0.1, -0.05) is 12.8 Å². The average Bonchev–Trinajstić information content (AvgIpc) is 2.34. The van der Waals surface area contributed by atoms with E-state index in [1.54, 1.807) is 0 Å². The van der Waals surface area contributed by atoms with Crippen LogP contribution in [0.1, 0.15) is 38.5 Å². The number of rotatable bonds is 4. The normalized spacial score (nSPS) is 31.6. The van der Waals surface area contributed by atoms with E-state index in [0.29, 0.717) is 12.8 Å². The molecule has 1 saturated heterocycles. The number of carboxylic acids is 1. The van der Waals surface area contributed by atoms with Crippen molar-refractivity contribution in [2.24, 2.45) is 5.92 Å². The molecule has 9 heteroatoms. The molecule has 7 nitrogen and oxygen atoms in total. The van der Waals surface area contributed by atoms with Crippen molar-refractivity contribution in [1.29, 1.82) is 0 Å². The molecule has 1 saturated carbocycles. The topological polar surface area (TPSA) is 109 Å². The highest BCUT2D eigenvalue weighted by atomic mass is 32.3. The molecule has 1 N–H and O–H groups in total. The Morgan fingerprint density at radius 2 is 1.71 bits per heavy atom. The average molecular weight is 339 g/mol. The second kappa shape index (κ2) is 5.85. The molecular formula is C12H21NO6S2. The van der Waals surface area contributed by atoms with Crippen molar-refractivity contribution in [2.45, 2.75) is 50.6 Å². The van der Waals surface area contributed by atoms with Crippen LogP contribution in [0.15, 0.2) is 0 Å². The maximum Gasteiger partial charge on any atom is 0.322 e. The van der Waals surface area contributed by atoms with E-state index in [1.165, 1.54) is 0 Å². The highest BCUT2D eigenvalue weighted by Crippen LogP contribution is 2.39. The number of aliphatic carboxylic acids is 1. The zero-order chi connectivity index (χ0) is 15.8. The number of sulfonamides is 1. The second-order valence-corrected chi connectivity index (χ2v) is 10.4. The van der Waals surface area contributed by atoms with Crippen molar-refractivity contribution < 1.29 is 26.7 Å². The summed E-state index contributed by atoms with van der Waals surface area (Å²) in [5.74, 6) is -1.06. The summed E-state index contributed by atoms with van der Waals surface area (Å²) in [6.07, 6.45) is 5.13. The van der Waals surface area contributed by atoms with Crippen LogP contribution in [-0.4, -0.2) is 55.6 Å². The molecule has 1 aliphatic heterocycles. The molecule has 0 aromatic rings. The third-order valence-corrected chi connectivity index (χ3v) is 8.35. The fourth-order valence-corrected chi connectivity index (χ4v) is 7.48. The summed E-state index contributed by atoms with van der Waals surface area (Å²) in [4.78, 5) is 11.4. The Bertz CT molecular complexity index is 612. The molecule has 0 bridgehead atoms. The fraction of sp³-hybridized carbons (Fsp3) is 0.917. The lowest BCUT2D eigenvalue weighted by atomic mass is 9.78. The summed E-state index contributed by atoms with van der Waals surface area (Å²) < 4.78 is 48.6. The minimum absolute atomic E-state index is 0.142. The van der Waals surface area contributed by atoms with Crippen LogP contribution < -0.4 is 0 Å². The first-order valence-electron chi connectivity index (χ1n) is 7.03. The van der Waals surface area contributed by atoms with Crippen molar-refractivity contribution in [3.8, 4) is 0 Å². The van der Waals surface area contributed by atoms with E-state index in [4.69, 9.17) is 0 Å². The first kappa shape index (κ1) is 16.7. The summed E-state index contributed by atoms with van der Waals surface area (Å²) in [6, 6.07) is -1.52. The number of hydrogen-bond donors (Lipinski definition) is 1. The lowest BCUT2D eigenvalue weighted by Gasteiger charge is -2.45. The van der Waals surface area contributed by atoms with E-state index in [0.717, 1.165) is 29.8 Å². The van der Waals surface area contributed by atoms with Gasteiger partial charge in [0.25, 0.3) is 0 Å². The largest absolute Gasteiger partial charge is 0.480 e. The summed E-state index contributed by atoms with van der Waals surface area (Å²) in [7, 11) is -7.88. The number of nitrogens with zero attached hydrogens (tertiary/aromatic N) is 1. The smallest absolute Gasteiger partial charge is 0.322 e. The Labute approximate surface area is 125 Å². The second-order valence-electron chi connectivity index (χ2n) is 6.03. The molecule has 122 valence electrons. The van der Waals surface area contributed by atoms with Gasteiger partial charge in [0.05, 0.1) is 0 Å². The standard InChI is InChI=1S/C12H21NO6S2/c1-20(16,17)8-21(18,19)13-10-5-3-2-4-9(10)6-7-11(13)12(14)15/h9-11H,2-8H2,1H3,(H,14,15). The van der Waals surface area contributed by atoms with Crippen LogP contribution in [0.25, 0.3) is 0 Å². The molecule has 0 aromatic carbocycles. The molecule has 2 rings (SSSR count).